The number of hydrogen-bond acceptors (Lipinski definition) is 5. The topological polar surface area (TPSA) is 113 Å². The average molecular weight is 347 g/mol. The molecule has 24 heavy (non-hydrogen) atoms. The zero-order valence-electron chi connectivity index (χ0n) is 17.3. The Morgan fingerprint density at radius 2 is 1.08 bits per heavy atom. The summed E-state index contributed by atoms with van der Waals surface area (Å²) in [5, 5.41) is 0. The molecule has 0 spiro atoms. The van der Waals surface area contributed by atoms with Gasteiger partial charge in [0, 0.05) is 22.6 Å². The van der Waals surface area contributed by atoms with E-state index in [1.807, 2.05) is 33.8 Å². The first kappa shape index (κ1) is 23.5. The summed E-state index contributed by atoms with van der Waals surface area (Å²) in [6.45, 7) is 22.1. The predicted octanol–water partition coefficient (Wildman–Crippen LogP) is 2.56. The average Bonchev–Trinajstić information content (AvgIpc) is 2.22. The van der Waals surface area contributed by atoms with Crippen molar-refractivity contribution in [1.29, 1.82) is 0 Å². The fraction of sp³-hybridized carbons (Fsp3) is 0.882. The van der Waals surface area contributed by atoms with Gasteiger partial charge >= 0.3 is 0 Å². The van der Waals surface area contributed by atoms with Gasteiger partial charge in [-0.05, 0) is 38.5 Å². The minimum atomic E-state index is -0.745. The van der Waals surface area contributed by atoms with E-state index in [0.29, 0.717) is 6.42 Å². The second-order valence-corrected chi connectivity index (χ2v) is 10.2. The van der Waals surface area contributed by atoms with Crippen LogP contribution >= 0.6 is 0 Å². The molecule has 0 fully saturated rings. The molecule has 7 heteroatoms. The van der Waals surface area contributed by atoms with Gasteiger partial charge in [-0.2, -0.15) is 0 Å². The lowest BCUT2D eigenvalue weighted by Crippen LogP contribution is -2.82. The fourth-order valence-electron chi connectivity index (χ4n) is 3.18. The molecule has 0 saturated heterocycles. The van der Waals surface area contributed by atoms with E-state index in [9.17, 15) is 0 Å². The number of nitrogens with two attached hydrogens (primary N) is 4. The molecule has 0 rings (SSSR count). The Bertz CT molecular complexity index is 446. The van der Waals surface area contributed by atoms with Crippen molar-refractivity contribution >= 4 is 0 Å². The molecule has 144 valence electrons. The van der Waals surface area contributed by atoms with E-state index >= 15 is 0 Å². The van der Waals surface area contributed by atoms with Crippen LogP contribution in [0.1, 0.15) is 75.2 Å². The number of rotatable bonds is 8. The van der Waals surface area contributed by atoms with Gasteiger partial charge in [-0.25, -0.2) is 0 Å². The molecule has 0 radical (unpaired) electrons. The largest absolute Gasteiger partial charge is 0.169 e. The van der Waals surface area contributed by atoms with Crippen molar-refractivity contribution in [3.8, 4) is 0 Å². The maximum absolute atomic E-state index is 6.29. The quantitative estimate of drug-likeness (QED) is 0.233. The maximum Gasteiger partial charge on any atom is 0.169 e. The van der Waals surface area contributed by atoms with Gasteiger partial charge in [0.05, 0.1) is 4.94 Å². The third-order valence-corrected chi connectivity index (χ3v) is 4.57. The molecule has 0 aliphatic carbocycles. The SMILES string of the molecule is C=CC(C)(C)CC(C)(C)[N+](N)(N)O[N+](N)(N)C(C)(C)CC(C)(C)C. The van der Waals surface area contributed by atoms with Gasteiger partial charge in [0.25, 0.3) is 0 Å². The van der Waals surface area contributed by atoms with E-state index in [0.717, 1.165) is 6.42 Å². The van der Waals surface area contributed by atoms with Crippen LogP contribution in [0.25, 0.3) is 0 Å². The molecule has 0 aromatic rings. The van der Waals surface area contributed by atoms with Crippen molar-refractivity contribution < 1.29 is 14.7 Å². The van der Waals surface area contributed by atoms with Gasteiger partial charge in [-0.1, -0.05) is 40.7 Å². The molecule has 7 nitrogen and oxygen atoms in total. The second-order valence-electron chi connectivity index (χ2n) is 10.2. The van der Waals surface area contributed by atoms with Gasteiger partial charge in [-0.3, -0.25) is 0 Å². The Hall–Kier alpha value is -0.540. The van der Waals surface area contributed by atoms with Crippen LogP contribution in [-0.2, 0) is 4.94 Å². The van der Waals surface area contributed by atoms with Gasteiger partial charge in [-0.15, -0.1) is 29.9 Å². The summed E-state index contributed by atoms with van der Waals surface area (Å²) in [5.41, 5.74) is -1.37. The van der Waals surface area contributed by atoms with Crippen LogP contribution in [0.3, 0.4) is 0 Å². The molecule has 0 amide bonds. The Morgan fingerprint density at radius 3 is 1.38 bits per heavy atom. The molecule has 0 aromatic heterocycles. The molecule has 0 aromatic carbocycles. The number of hydroxylamine groups is 2. The van der Waals surface area contributed by atoms with Crippen molar-refractivity contribution in [2.75, 3.05) is 0 Å². The van der Waals surface area contributed by atoms with Gasteiger partial charge in [0.15, 0.2) is 11.1 Å². The summed E-state index contributed by atoms with van der Waals surface area (Å²) in [7, 11) is 0. The molecular weight excluding hydrogens is 304 g/mol. The smallest absolute Gasteiger partial charge is 0.122 e. The van der Waals surface area contributed by atoms with Crippen molar-refractivity contribution in [2.24, 2.45) is 34.2 Å². The van der Waals surface area contributed by atoms with Crippen molar-refractivity contribution in [3.05, 3.63) is 12.7 Å². The van der Waals surface area contributed by atoms with E-state index in [1.54, 1.807) is 0 Å². The van der Waals surface area contributed by atoms with Crippen molar-refractivity contribution in [3.63, 3.8) is 0 Å². The molecule has 0 aliphatic heterocycles. The third kappa shape index (κ3) is 6.07. The normalized spacial score (nSPS) is 15.5. The van der Waals surface area contributed by atoms with Crippen LogP contribution in [-0.4, -0.2) is 20.8 Å². The third-order valence-electron chi connectivity index (χ3n) is 4.57. The van der Waals surface area contributed by atoms with Crippen LogP contribution in [0.4, 0.5) is 0 Å². The zero-order chi connectivity index (χ0) is 19.8. The number of hydrogen-bond donors (Lipinski definition) is 4. The lowest BCUT2D eigenvalue weighted by molar-refractivity contribution is -1.39. The monoisotopic (exact) mass is 346 g/mol. The summed E-state index contributed by atoms with van der Waals surface area (Å²) in [6.07, 6.45) is 3.26. The summed E-state index contributed by atoms with van der Waals surface area (Å²) in [6, 6.07) is 0. The molecule has 0 bridgehead atoms. The summed E-state index contributed by atoms with van der Waals surface area (Å²) in [4.78, 5) is 4.37. The highest BCUT2D eigenvalue weighted by atomic mass is 17.0. The fourth-order valence-corrected chi connectivity index (χ4v) is 3.18. The first-order chi connectivity index (χ1) is 10.2. The number of nitrogens with zero attached hydrogens (tertiary/aromatic N) is 2. The lowest BCUT2D eigenvalue weighted by Gasteiger charge is -2.46. The number of allylic oxidation sites excluding steroid dienone is 1. The molecule has 0 heterocycles. The molecule has 8 N–H and O–H groups in total. The Kier molecular flexibility index (Phi) is 6.49. The van der Waals surface area contributed by atoms with Crippen LogP contribution in [0.5, 0.6) is 0 Å². The highest BCUT2D eigenvalue weighted by Gasteiger charge is 2.56. The predicted molar refractivity (Wildman–Crippen MR) is 99.2 cm³/mol. The Balaban J connectivity index is 5.49. The maximum atomic E-state index is 6.29. The zero-order valence-corrected chi connectivity index (χ0v) is 17.3. The standard InChI is InChI=1S/C17H42N6O/c1-11-15(5,6)13-17(9,10)23(20,21)24-22(18,19)16(7,8)12-14(2,3)4/h11H,1,12-13,18-21H2,2-10H3/q+2. The van der Waals surface area contributed by atoms with E-state index in [1.165, 1.54) is 0 Å². The van der Waals surface area contributed by atoms with E-state index in [-0.39, 0.29) is 10.8 Å². The minimum absolute atomic E-state index is 0.0221. The lowest BCUT2D eigenvalue weighted by atomic mass is 9.80. The van der Waals surface area contributed by atoms with E-state index in [4.69, 9.17) is 28.3 Å². The van der Waals surface area contributed by atoms with Crippen molar-refractivity contribution in [1.82, 2.24) is 0 Å². The highest BCUT2D eigenvalue weighted by Crippen LogP contribution is 2.37. The van der Waals surface area contributed by atoms with Crippen LogP contribution in [0.15, 0.2) is 12.7 Å². The summed E-state index contributed by atoms with van der Waals surface area (Å²) < 4.78 is 0. The van der Waals surface area contributed by atoms with Gasteiger partial charge in [0.2, 0.25) is 0 Å². The Labute approximate surface area is 148 Å². The number of quaternary nitrogens is 2. The molecule has 0 saturated carbocycles. The first-order valence-electron chi connectivity index (χ1n) is 8.46. The van der Waals surface area contributed by atoms with E-state index in [2.05, 4.69) is 41.2 Å². The van der Waals surface area contributed by atoms with Crippen LogP contribution in [0.2, 0.25) is 0 Å². The molecular formula is C17H42N6O+2. The molecule has 0 aliphatic rings. The Morgan fingerprint density at radius 1 is 0.750 bits per heavy atom. The molecule has 0 atom stereocenters. The first-order valence-corrected chi connectivity index (χ1v) is 8.46. The summed E-state index contributed by atoms with van der Waals surface area (Å²) >= 11 is 0. The molecule has 0 unspecified atom stereocenters. The van der Waals surface area contributed by atoms with Crippen molar-refractivity contribution in [2.45, 2.75) is 86.2 Å². The minimum Gasteiger partial charge on any atom is -0.122 e. The van der Waals surface area contributed by atoms with Crippen LogP contribution < -0.4 is 23.4 Å². The summed E-state index contributed by atoms with van der Waals surface area (Å²) in [5.74, 6) is 25.1. The second kappa shape index (κ2) is 6.64. The highest BCUT2D eigenvalue weighted by molar-refractivity contribution is 4.91. The van der Waals surface area contributed by atoms with Gasteiger partial charge in [0.1, 0.15) is 0 Å². The van der Waals surface area contributed by atoms with E-state index < -0.39 is 20.8 Å². The van der Waals surface area contributed by atoms with Crippen LogP contribution in [0, 0.1) is 10.8 Å². The van der Waals surface area contributed by atoms with Gasteiger partial charge < -0.3 is 0 Å².